The average molecular weight is 653 g/mol. The number of hydrogen-bond acceptors (Lipinski definition) is 7. The Morgan fingerprint density at radius 2 is 1.81 bits per heavy atom. The molecule has 5 N–H and O–H groups in total. The largest absolute Gasteiger partial charge is 0.490 e. The molecule has 0 radical (unpaired) electrons. The number of pyridine rings is 2. The number of aromatic nitrogens is 2. The first-order valence-corrected chi connectivity index (χ1v) is 14.5. The minimum absolute atomic E-state index is 0.0144. The number of benzene rings is 2. The minimum Gasteiger partial charge on any atom is -0.490 e. The van der Waals surface area contributed by atoms with Gasteiger partial charge >= 0.3 is 6.18 Å². The lowest BCUT2D eigenvalue weighted by Crippen LogP contribution is -2.51. The monoisotopic (exact) mass is 652 g/mol. The Morgan fingerprint density at radius 3 is 2.43 bits per heavy atom. The molecule has 2 amide bonds. The molecule has 14 heteroatoms. The Labute approximate surface area is 264 Å². The van der Waals surface area contributed by atoms with Crippen molar-refractivity contribution in [3.8, 4) is 33.9 Å². The second-order valence-electron chi connectivity index (χ2n) is 11.7. The summed E-state index contributed by atoms with van der Waals surface area (Å²) in [5.41, 5.74) is -0.265. The van der Waals surface area contributed by atoms with Gasteiger partial charge in [-0.25, -0.2) is 9.37 Å². The summed E-state index contributed by atoms with van der Waals surface area (Å²) < 4.78 is 69.6. The highest BCUT2D eigenvalue weighted by molar-refractivity contribution is 5.96. The van der Waals surface area contributed by atoms with Crippen LogP contribution in [0.25, 0.3) is 22.4 Å². The zero-order valence-corrected chi connectivity index (χ0v) is 24.8. The highest BCUT2D eigenvalue weighted by Gasteiger charge is 2.57. The van der Waals surface area contributed by atoms with E-state index in [1.807, 2.05) is 0 Å². The molecule has 0 bridgehead atoms. The number of nitrogens with two attached hydrogens (primary N) is 1. The van der Waals surface area contributed by atoms with E-state index < -0.39 is 47.1 Å². The highest BCUT2D eigenvalue weighted by Crippen LogP contribution is 2.47. The lowest BCUT2D eigenvalue weighted by molar-refractivity contribution is -0.265. The zero-order valence-electron chi connectivity index (χ0n) is 24.8. The number of aromatic amines is 1. The number of ether oxygens (including phenoxy) is 2. The maximum atomic E-state index is 14.8. The SMILES string of the molecule is C[C@]1(C(N)=O)COc2c1cc(C(O)(CNC(=O)c1ccc(OC3CC3)c(-c3ccc(=O)[nH]c3)c1)C(F)(F)F)nc2-c1ccc(F)cc1. The number of rotatable bonds is 9. The average Bonchev–Trinajstić information content (AvgIpc) is 3.79. The van der Waals surface area contributed by atoms with Gasteiger partial charge in [-0.15, -0.1) is 0 Å². The fourth-order valence-corrected chi connectivity index (χ4v) is 5.19. The Kier molecular flexibility index (Phi) is 7.78. The summed E-state index contributed by atoms with van der Waals surface area (Å²) in [7, 11) is 0. The summed E-state index contributed by atoms with van der Waals surface area (Å²) in [5.74, 6) is -2.09. The first-order chi connectivity index (χ1) is 22.2. The van der Waals surface area contributed by atoms with Crippen LogP contribution >= 0.6 is 0 Å². The van der Waals surface area contributed by atoms with Gasteiger partial charge in [0.2, 0.25) is 17.1 Å². The maximum Gasteiger partial charge on any atom is 0.424 e. The van der Waals surface area contributed by atoms with Crippen LogP contribution in [-0.4, -0.2) is 52.3 Å². The van der Waals surface area contributed by atoms with E-state index in [4.69, 9.17) is 15.2 Å². The topological polar surface area (TPSA) is 157 Å². The Morgan fingerprint density at radius 1 is 1.11 bits per heavy atom. The van der Waals surface area contributed by atoms with E-state index in [1.54, 1.807) is 0 Å². The van der Waals surface area contributed by atoms with Crippen LogP contribution in [0.3, 0.4) is 0 Å². The van der Waals surface area contributed by atoms with Gasteiger partial charge in [-0.1, -0.05) is 0 Å². The molecule has 3 heterocycles. The first kappa shape index (κ1) is 31.7. The van der Waals surface area contributed by atoms with Crippen molar-refractivity contribution in [2.24, 2.45) is 5.73 Å². The molecule has 1 aliphatic carbocycles. The predicted molar refractivity (Wildman–Crippen MR) is 160 cm³/mol. The number of halogens is 4. The Bertz CT molecular complexity index is 1920. The number of hydrogen-bond donors (Lipinski definition) is 4. The first-order valence-electron chi connectivity index (χ1n) is 14.5. The van der Waals surface area contributed by atoms with Crippen molar-refractivity contribution in [1.82, 2.24) is 15.3 Å². The molecule has 0 spiro atoms. The molecule has 4 aromatic rings. The molecule has 2 aliphatic rings. The van der Waals surface area contributed by atoms with Crippen molar-refractivity contribution in [2.45, 2.75) is 43.1 Å². The molecule has 2 aromatic heterocycles. The van der Waals surface area contributed by atoms with Crippen LogP contribution < -0.4 is 26.1 Å². The number of carbonyl (C=O) groups is 2. The smallest absolute Gasteiger partial charge is 0.424 e. The Balaban J connectivity index is 1.38. The summed E-state index contributed by atoms with van der Waals surface area (Å²) in [4.78, 5) is 44.0. The number of alkyl halides is 3. The fraction of sp³-hybridized carbons (Fsp3) is 0.273. The van der Waals surface area contributed by atoms with Gasteiger partial charge in [-0.05, 0) is 74.4 Å². The molecule has 1 fully saturated rings. The summed E-state index contributed by atoms with van der Waals surface area (Å²) in [5, 5.41) is 13.5. The normalized spacial score (nSPS) is 18.5. The van der Waals surface area contributed by atoms with E-state index in [0.29, 0.717) is 16.9 Å². The molecule has 10 nitrogen and oxygen atoms in total. The van der Waals surface area contributed by atoms with Crippen molar-refractivity contribution in [3.63, 3.8) is 0 Å². The molecular weight excluding hydrogens is 624 g/mol. The van der Waals surface area contributed by atoms with Gasteiger partial charge in [0.25, 0.3) is 5.91 Å². The summed E-state index contributed by atoms with van der Waals surface area (Å²) in [6.45, 7) is -0.299. The minimum atomic E-state index is -5.38. The molecule has 1 saturated carbocycles. The van der Waals surface area contributed by atoms with Crippen molar-refractivity contribution < 1.29 is 41.7 Å². The summed E-state index contributed by atoms with van der Waals surface area (Å²) >= 11 is 0. The third-order valence-corrected chi connectivity index (χ3v) is 8.29. The van der Waals surface area contributed by atoms with Crippen molar-refractivity contribution in [3.05, 3.63) is 99.9 Å². The van der Waals surface area contributed by atoms with Crippen LogP contribution in [0.1, 0.15) is 41.4 Å². The van der Waals surface area contributed by atoms with Crippen molar-refractivity contribution >= 4 is 11.8 Å². The molecule has 6 rings (SSSR count). The van der Waals surface area contributed by atoms with E-state index in [1.165, 1.54) is 55.6 Å². The van der Waals surface area contributed by atoms with E-state index >= 15 is 0 Å². The van der Waals surface area contributed by atoms with Crippen LogP contribution in [0.2, 0.25) is 0 Å². The fourth-order valence-electron chi connectivity index (χ4n) is 5.19. The number of primary amides is 1. The van der Waals surface area contributed by atoms with Gasteiger partial charge in [0.1, 0.15) is 35.0 Å². The molecule has 2 aromatic carbocycles. The zero-order chi connectivity index (χ0) is 33.7. The van der Waals surface area contributed by atoms with Crippen molar-refractivity contribution in [1.29, 1.82) is 0 Å². The van der Waals surface area contributed by atoms with Crippen molar-refractivity contribution in [2.75, 3.05) is 13.2 Å². The third kappa shape index (κ3) is 5.91. The highest BCUT2D eigenvalue weighted by atomic mass is 19.4. The second-order valence-corrected chi connectivity index (χ2v) is 11.7. The molecule has 1 unspecified atom stereocenters. The predicted octanol–water partition coefficient (Wildman–Crippen LogP) is 4.10. The number of carbonyl (C=O) groups excluding carboxylic acids is 2. The van der Waals surface area contributed by atoms with Gasteiger partial charge in [-0.2, -0.15) is 13.2 Å². The van der Waals surface area contributed by atoms with Gasteiger partial charge in [-0.3, -0.25) is 14.4 Å². The molecule has 47 heavy (non-hydrogen) atoms. The van der Waals surface area contributed by atoms with Crippen LogP contribution in [0, 0.1) is 5.82 Å². The standard InChI is InChI=1S/C33H28F4N4O6/c1-31(30(38)44)16-46-28-23(31)13-25(41-27(28)17-2-6-20(34)7-3-17)32(45,33(35,36)37)15-40-29(43)18-4-10-24(47-21-8-9-21)22(12-18)19-5-11-26(42)39-14-19/h2-7,10-14,21,45H,8-9,15-16H2,1H3,(H2,38,44)(H,39,42)(H,40,43)/t31-,32?/m0/s1. The quantitative estimate of drug-likeness (QED) is 0.198. The number of nitrogens with zero attached hydrogens (tertiary/aromatic N) is 1. The number of amides is 2. The molecule has 0 saturated heterocycles. The van der Waals surface area contributed by atoms with E-state index in [2.05, 4.69) is 15.3 Å². The number of aliphatic hydroxyl groups is 1. The van der Waals surface area contributed by atoms with Gasteiger partial charge in [0, 0.05) is 40.1 Å². The summed E-state index contributed by atoms with van der Waals surface area (Å²) in [6, 6.07) is 12.6. The van der Waals surface area contributed by atoms with E-state index in [-0.39, 0.29) is 46.4 Å². The number of H-pyrrole nitrogens is 1. The maximum absolute atomic E-state index is 14.8. The van der Waals surface area contributed by atoms with Crippen LogP contribution in [-0.2, 0) is 15.8 Å². The third-order valence-electron chi connectivity index (χ3n) is 8.29. The number of fused-ring (bicyclic) bond motifs is 1. The van der Waals surface area contributed by atoms with Crippen LogP contribution in [0.15, 0.2) is 71.7 Å². The molecule has 1 aliphatic heterocycles. The van der Waals surface area contributed by atoms with Crippen LogP contribution in [0.4, 0.5) is 17.6 Å². The lowest BCUT2D eigenvalue weighted by atomic mass is 9.81. The van der Waals surface area contributed by atoms with Gasteiger partial charge < -0.3 is 30.6 Å². The second kappa shape index (κ2) is 11.5. The summed E-state index contributed by atoms with van der Waals surface area (Å²) in [6.07, 6.45) is -2.29. The van der Waals surface area contributed by atoms with Crippen LogP contribution in [0.5, 0.6) is 11.5 Å². The lowest BCUT2D eigenvalue weighted by Gasteiger charge is -2.31. The van der Waals surface area contributed by atoms with E-state index in [0.717, 1.165) is 31.0 Å². The van der Waals surface area contributed by atoms with E-state index in [9.17, 15) is 37.1 Å². The van der Waals surface area contributed by atoms with Gasteiger partial charge in [0.05, 0.1) is 18.3 Å². The molecular formula is C33H28F4N4O6. The number of nitrogens with one attached hydrogen (secondary N) is 2. The molecule has 2 atom stereocenters. The Hall–Kier alpha value is -5.24. The molecule has 244 valence electrons. The van der Waals surface area contributed by atoms with Gasteiger partial charge in [0.15, 0.2) is 0 Å².